The molecule has 0 bridgehead atoms. The molecule has 2 rings (SSSR count). The molecular formula is C15H15NO. The van der Waals surface area contributed by atoms with E-state index >= 15 is 0 Å². The third-order valence-corrected chi connectivity index (χ3v) is 2.65. The lowest BCUT2D eigenvalue weighted by Gasteiger charge is -2.18. The maximum Gasteiger partial charge on any atom is 0.251 e. The molecule has 2 nitrogen and oxygen atoms in total. The fraction of sp³-hybridized carbons (Fsp3) is 0.133. The van der Waals surface area contributed by atoms with Crippen LogP contribution < -0.4 is 0 Å². The zero-order chi connectivity index (χ0) is 12.1. The molecule has 1 aliphatic heterocycles. The van der Waals surface area contributed by atoms with Crippen molar-refractivity contribution < 1.29 is 4.79 Å². The van der Waals surface area contributed by atoms with Crippen molar-refractivity contribution >= 4 is 5.91 Å². The molecule has 0 radical (unpaired) electrons. The fourth-order valence-corrected chi connectivity index (χ4v) is 1.78. The van der Waals surface area contributed by atoms with E-state index in [1.165, 1.54) is 0 Å². The molecule has 1 aliphatic rings. The van der Waals surface area contributed by atoms with Crippen LogP contribution in [-0.4, -0.2) is 10.8 Å². The van der Waals surface area contributed by atoms with E-state index in [-0.39, 0.29) is 5.91 Å². The van der Waals surface area contributed by atoms with E-state index in [1.807, 2.05) is 48.6 Å². The summed E-state index contributed by atoms with van der Waals surface area (Å²) >= 11 is 0. The van der Waals surface area contributed by atoms with Gasteiger partial charge in [0.2, 0.25) is 0 Å². The molecule has 0 N–H and O–H groups in total. The van der Waals surface area contributed by atoms with Crippen LogP contribution in [0.15, 0.2) is 66.9 Å². The summed E-state index contributed by atoms with van der Waals surface area (Å²) in [5.74, 6) is 0.0455. The topological polar surface area (TPSA) is 20.3 Å². The van der Waals surface area contributed by atoms with E-state index in [1.54, 1.807) is 11.0 Å². The Morgan fingerprint density at radius 2 is 1.94 bits per heavy atom. The smallest absolute Gasteiger partial charge is 0.251 e. The normalized spacial score (nSPS) is 16.8. The van der Waals surface area contributed by atoms with E-state index in [0.29, 0.717) is 6.54 Å². The maximum atomic E-state index is 11.7. The standard InChI is InChI=1S/C15H15NO/c1-2-3-9-14-10-11-15(17)16(14)12-13-7-5-4-6-8-13/h2,4-11H,1,3,12H2/b14-9+. The van der Waals surface area contributed by atoms with E-state index in [2.05, 4.69) is 6.58 Å². The molecule has 0 atom stereocenters. The zero-order valence-corrected chi connectivity index (χ0v) is 9.67. The van der Waals surface area contributed by atoms with Crippen LogP contribution in [0.5, 0.6) is 0 Å². The summed E-state index contributed by atoms with van der Waals surface area (Å²) in [5, 5.41) is 0. The first kappa shape index (κ1) is 11.4. The van der Waals surface area contributed by atoms with E-state index in [0.717, 1.165) is 17.7 Å². The molecule has 0 spiro atoms. The lowest BCUT2D eigenvalue weighted by Crippen LogP contribution is -2.23. The van der Waals surface area contributed by atoms with Crippen LogP contribution in [0.2, 0.25) is 0 Å². The third-order valence-electron chi connectivity index (χ3n) is 2.65. The van der Waals surface area contributed by atoms with Crippen LogP contribution in [0.3, 0.4) is 0 Å². The van der Waals surface area contributed by atoms with Gasteiger partial charge in [-0.25, -0.2) is 0 Å². The maximum absolute atomic E-state index is 11.7. The van der Waals surface area contributed by atoms with Gasteiger partial charge in [0.15, 0.2) is 0 Å². The van der Waals surface area contributed by atoms with Gasteiger partial charge in [0.1, 0.15) is 0 Å². The van der Waals surface area contributed by atoms with Crippen molar-refractivity contribution in [3.8, 4) is 0 Å². The molecule has 0 fully saturated rings. The second-order valence-electron chi connectivity index (χ2n) is 3.90. The highest BCUT2D eigenvalue weighted by atomic mass is 16.2. The minimum atomic E-state index is 0.0455. The number of carbonyl (C=O) groups excluding carboxylic acids is 1. The Morgan fingerprint density at radius 1 is 1.18 bits per heavy atom. The Labute approximate surface area is 102 Å². The molecule has 0 aliphatic carbocycles. The Morgan fingerprint density at radius 3 is 2.65 bits per heavy atom. The minimum Gasteiger partial charge on any atom is -0.305 e. The Hall–Kier alpha value is -2.09. The second-order valence-corrected chi connectivity index (χ2v) is 3.90. The van der Waals surface area contributed by atoms with E-state index < -0.39 is 0 Å². The van der Waals surface area contributed by atoms with Crippen LogP contribution in [0.25, 0.3) is 0 Å². The van der Waals surface area contributed by atoms with Gasteiger partial charge in [-0.3, -0.25) is 4.79 Å². The summed E-state index contributed by atoms with van der Waals surface area (Å²) in [6.07, 6.45) is 8.08. The molecule has 0 unspecified atom stereocenters. The summed E-state index contributed by atoms with van der Waals surface area (Å²) in [7, 11) is 0. The number of amides is 1. The van der Waals surface area contributed by atoms with Gasteiger partial charge in [-0.1, -0.05) is 42.5 Å². The number of carbonyl (C=O) groups is 1. The Bertz CT molecular complexity index is 471. The molecule has 86 valence electrons. The Kier molecular flexibility index (Phi) is 3.55. The van der Waals surface area contributed by atoms with Gasteiger partial charge in [-0.05, 0) is 18.1 Å². The van der Waals surface area contributed by atoms with Gasteiger partial charge in [0.25, 0.3) is 5.91 Å². The average Bonchev–Trinajstić information content (AvgIpc) is 2.70. The number of hydrogen-bond donors (Lipinski definition) is 0. The molecule has 1 aromatic rings. The van der Waals surface area contributed by atoms with Crippen LogP contribution >= 0.6 is 0 Å². The highest BCUT2D eigenvalue weighted by Gasteiger charge is 2.19. The zero-order valence-electron chi connectivity index (χ0n) is 9.67. The number of allylic oxidation sites excluding steroid dienone is 3. The number of rotatable bonds is 4. The first-order valence-electron chi connectivity index (χ1n) is 5.66. The van der Waals surface area contributed by atoms with Crippen LogP contribution in [0.4, 0.5) is 0 Å². The lowest BCUT2D eigenvalue weighted by atomic mass is 10.2. The number of nitrogens with zero attached hydrogens (tertiary/aromatic N) is 1. The van der Waals surface area contributed by atoms with Crippen LogP contribution in [-0.2, 0) is 11.3 Å². The summed E-state index contributed by atoms with van der Waals surface area (Å²) < 4.78 is 0. The van der Waals surface area contributed by atoms with E-state index in [4.69, 9.17) is 0 Å². The van der Waals surface area contributed by atoms with Gasteiger partial charge in [-0.15, -0.1) is 6.58 Å². The van der Waals surface area contributed by atoms with Gasteiger partial charge < -0.3 is 4.90 Å². The average molecular weight is 225 g/mol. The molecule has 1 amide bonds. The van der Waals surface area contributed by atoms with Crippen LogP contribution in [0.1, 0.15) is 12.0 Å². The number of benzene rings is 1. The van der Waals surface area contributed by atoms with Crippen molar-refractivity contribution in [1.82, 2.24) is 4.90 Å². The highest BCUT2D eigenvalue weighted by molar-refractivity contribution is 5.93. The number of hydrogen-bond acceptors (Lipinski definition) is 1. The molecular weight excluding hydrogens is 210 g/mol. The van der Waals surface area contributed by atoms with Crippen molar-refractivity contribution in [3.05, 3.63) is 72.5 Å². The summed E-state index contributed by atoms with van der Waals surface area (Å²) in [4.78, 5) is 13.5. The first-order valence-corrected chi connectivity index (χ1v) is 5.66. The monoisotopic (exact) mass is 225 g/mol. The fourth-order valence-electron chi connectivity index (χ4n) is 1.78. The van der Waals surface area contributed by atoms with Crippen molar-refractivity contribution in [1.29, 1.82) is 0 Å². The SMILES string of the molecule is C=CC/C=C1\C=CC(=O)N1Cc1ccccc1. The van der Waals surface area contributed by atoms with Gasteiger partial charge in [0, 0.05) is 11.8 Å². The van der Waals surface area contributed by atoms with Crippen LogP contribution in [0, 0.1) is 0 Å². The molecule has 1 aromatic carbocycles. The largest absolute Gasteiger partial charge is 0.305 e. The quantitative estimate of drug-likeness (QED) is 0.721. The molecule has 0 saturated heterocycles. The van der Waals surface area contributed by atoms with E-state index in [9.17, 15) is 4.79 Å². The van der Waals surface area contributed by atoms with Crippen molar-refractivity contribution in [2.24, 2.45) is 0 Å². The van der Waals surface area contributed by atoms with Crippen molar-refractivity contribution in [3.63, 3.8) is 0 Å². The summed E-state index contributed by atoms with van der Waals surface area (Å²) in [5.41, 5.74) is 2.09. The molecule has 0 saturated carbocycles. The predicted octanol–water partition coefficient (Wildman–Crippen LogP) is 3.05. The summed E-state index contributed by atoms with van der Waals surface area (Å²) in [6.45, 7) is 4.30. The first-order chi connectivity index (χ1) is 8.31. The molecule has 1 heterocycles. The van der Waals surface area contributed by atoms with Crippen molar-refractivity contribution in [2.45, 2.75) is 13.0 Å². The molecule has 2 heteroatoms. The van der Waals surface area contributed by atoms with Gasteiger partial charge in [-0.2, -0.15) is 0 Å². The van der Waals surface area contributed by atoms with Gasteiger partial charge >= 0.3 is 0 Å². The predicted molar refractivity (Wildman–Crippen MR) is 69.0 cm³/mol. The summed E-state index contributed by atoms with van der Waals surface area (Å²) in [6, 6.07) is 9.99. The molecule has 0 aromatic heterocycles. The van der Waals surface area contributed by atoms with Crippen molar-refractivity contribution in [2.75, 3.05) is 0 Å². The molecule has 17 heavy (non-hydrogen) atoms. The minimum absolute atomic E-state index is 0.0455. The van der Waals surface area contributed by atoms with Gasteiger partial charge in [0.05, 0.1) is 6.54 Å². The highest BCUT2D eigenvalue weighted by Crippen LogP contribution is 2.19. The Balaban J connectivity index is 2.14. The third kappa shape index (κ3) is 2.72. The lowest BCUT2D eigenvalue weighted by molar-refractivity contribution is -0.123. The second kappa shape index (κ2) is 5.30.